The number of hydrogen-bond acceptors (Lipinski definition) is 1. The molecule has 0 N–H and O–H groups in total. The van der Waals surface area contributed by atoms with Crippen LogP contribution >= 0.6 is 11.3 Å². The summed E-state index contributed by atoms with van der Waals surface area (Å²) in [6.45, 7) is 1.78. The monoisotopic (exact) mass is 166 g/mol. The lowest BCUT2D eigenvalue weighted by atomic mass is 10.2. The van der Waals surface area contributed by atoms with Crippen molar-refractivity contribution in [3.8, 4) is 0 Å². The van der Waals surface area contributed by atoms with Gasteiger partial charge >= 0.3 is 0 Å². The molecule has 0 radical (unpaired) electrons. The van der Waals surface area contributed by atoms with E-state index in [-0.39, 0.29) is 5.82 Å². The van der Waals surface area contributed by atoms with Crippen LogP contribution in [-0.2, 0) is 0 Å². The Balaban J connectivity index is 2.86. The summed E-state index contributed by atoms with van der Waals surface area (Å²) in [6, 6.07) is 5.48. The molecule has 0 unspecified atom stereocenters. The summed E-state index contributed by atoms with van der Waals surface area (Å²) in [6.07, 6.45) is 0. The van der Waals surface area contributed by atoms with E-state index in [0.29, 0.717) is 0 Å². The summed E-state index contributed by atoms with van der Waals surface area (Å²) < 4.78 is 14.0. The molecule has 2 rings (SSSR count). The zero-order valence-electron chi connectivity index (χ0n) is 6.10. The third kappa shape index (κ3) is 1.03. The highest BCUT2D eigenvalue weighted by Gasteiger charge is 2.00. The molecule has 0 nitrogen and oxygen atoms in total. The molecule has 0 atom stereocenters. The number of halogens is 1. The van der Waals surface area contributed by atoms with Crippen molar-refractivity contribution < 1.29 is 4.39 Å². The predicted molar refractivity (Wildman–Crippen MR) is 46.5 cm³/mol. The van der Waals surface area contributed by atoms with Gasteiger partial charge in [-0.05, 0) is 41.5 Å². The summed E-state index contributed by atoms with van der Waals surface area (Å²) >= 11 is 1.57. The van der Waals surface area contributed by atoms with Crippen LogP contribution in [0.3, 0.4) is 0 Å². The molecule has 0 bridgehead atoms. The minimum Gasteiger partial charge on any atom is -0.207 e. The van der Waals surface area contributed by atoms with Gasteiger partial charge in [0.25, 0.3) is 0 Å². The fourth-order valence-corrected chi connectivity index (χ4v) is 1.89. The minimum atomic E-state index is -0.111. The summed E-state index contributed by atoms with van der Waals surface area (Å²) in [5.74, 6) is -0.111. The van der Waals surface area contributed by atoms with Crippen LogP contribution in [0.1, 0.15) is 5.56 Å². The van der Waals surface area contributed by atoms with Gasteiger partial charge in [-0.25, -0.2) is 4.39 Å². The Morgan fingerprint density at radius 3 is 3.00 bits per heavy atom. The third-order valence-corrected chi connectivity index (χ3v) is 2.61. The first-order chi connectivity index (χ1) is 5.27. The maximum Gasteiger partial charge on any atom is 0.127 e. The van der Waals surface area contributed by atoms with E-state index in [2.05, 4.69) is 0 Å². The van der Waals surface area contributed by atoms with Crippen molar-refractivity contribution in [3.05, 3.63) is 35.0 Å². The second kappa shape index (κ2) is 2.31. The number of benzene rings is 1. The van der Waals surface area contributed by atoms with E-state index in [1.807, 2.05) is 17.5 Å². The highest BCUT2D eigenvalue weighted by molar-refractivity contribution is 7.17. The molecule has 56 valence electrons. The van der Waals surface area contributed by atoms with Gasteiger partial charge in [0.2, 0.25) is 0 Å². The molecule has 1 aromatic heterocycles. The Kier molecular flexibility index (Phi) is 1.43. The molecule has 0 aliphatic carbocycles. The quantitative estimate of drug-likeness (QED) is 0.563. The Bertz CT molecular complexity index is 353. The van der Waals surface area contributed by atoms with E-state index in [9.17, 15) is 4.39 Å². The average molecular weight is 166 g/mol. The molecule has 0 spiro atoms. The van der Waals surface area contributed by atoms with E-state index >= 15 is 0 Å². The van der Waals surface area contributed by atoms with E-state index < -0.39 is 0 Å². The molecule has 2 aromatic rings. The Morgan fingerprint density at radius 1 is 1.36 bits per heavy atom. The van der Waals surface area contributed by atoms with Crippen LogP contribution in [0.25, 0.3) is 10.1 Å². The topological polar surface area (TPSA) is 0 Å². The normalized spacial score (nSPS) is 10.7. The number of aryl methyl sites for hydroxylation is 1. The first-order valence-electron chi connectivity index (χ1n) is 3.41. The van der Waals surface area contributed by atoms with Crippen molar-refractivity contribution in [2.45, 2.75) is 6.92 Å². The zero-order valence-corrected chi connectivity index (χ0v) is 6.91. The first-order valence-corrected chi connectivity index (χ1v) is 4.29. The van der Waals surface area contributed by atoms with Crippen molar-refractivity contribution >= 4 is 21.4 Å². The molecule has 0 fully saturated rings. The Hall–Kier alpha value is -0.890. The van der Waals surface area contributed by atoms with Gasteiger partial charge in [-0.1, -0.05) is 0 Å². The molecule has 1 heterocycles. The molecule has 0 aliphatic rings. The van der Waals surface area contributed by atoms with Gasteiger partial charge in [0.05, 0.1) is 0 Å². The standard InChI is InChI=1S/C9H7FS/c1-6-4-7-2-3-11-9(7)5-8(6)10/h2-5H,1H3. The van der Waals surface area contributed by atoms with Crippen molar-refractivity contribution in [1.82, 2.24) is 0 Å². The number of hydrogen-bond donors (Lipinski definition) is 0. The smallest absolute Gasteiger partial charge is 0.127 e. The van der Waals surface area contributed by atoms with E-state index in [4.69, 9.17) is 0 Å². The lowest BCUT2D eigenvalue weighted by molar-refractivity contribution is 0.621. The molecule has 1 aromatic carbocycles. The van der Waals surface area contributed by atoms with Gasteiger partial charge in [-0.15, -0.1) is 11.3 Å². The highest BCUT2D eigenvalue weighted by atomic mass is 32.1. The fourth-order valence-electron chi connectivity index (χ4n) is 1.10. The lowest BCUT2D eigenvalue weighted by Gasteiger charge is -1.94. The molecule has 2 heteroatoms. The summed E-state index contributed by atoms with van der Waals surface area (Å²) in [5.41, 5.74) is 0.718. The Morgan fingerprint density at radius 2 is 2.18 bits per heavy atom. The number of thiophene rings is 1. The maximum absolute atomic E-state index is 12.9. The van der Waals surface area contributed by atoms with Crippen molar-refractivity contribution in [2.24, 2.45) is 0 Å². The third-order valence-electron chi connectivity index (χ3n) is 1.73. The van der Waals surface area contributed by atoms with Crippen LogP contribution in [-0.4, -0.2) is 0 Å². The summed E-state index contributed by atoms with van der Waals surface area (Å²) in [5, 5.41) is 3.11. The van der Waals surface area contributed by atoms with Gasteiger partial charge in [-0.2, -0.15) is 0 Å². The average Bonchev–Trinajstić information content (AvgIpc) is 2.36. The van der Waals surface area contributed by atoms with Crippen molar-refractivity contribution in [2.75, 3.05) is 0 Å². The van der Waals surface area contributed by atoms with Gasteiger partial charge in [-0.3, -0.25) is 0 Å². The summed E-state index contributed by atoms with van der Waals surface area (Å²) in [4.78, 5) is 0. The molecule has 0 aliphatic heterocycles. The van der Waals surface area contributed by atoms with Crippen LogP contribution in [0.5, 0.6) is 0 Å². The van der Waals surface area contributed by atoms with Crippen LogP contribution in [0.4, 0.5) is 4.39 Å². The second-order valence-corrected chi connectivity index (χ2v) is 3.51. The summed E-state index contributed by atoms with van der Waals surface area (Å²) in [7, 11) is 0. The van der Waals surface area contributed by atoms with E-state index in [1.54, 1.807) is 24.3 Å². The second-order valence-electron chi connectivity index (χ2n) is 2.56. The van der Waals surface area contributed by atoms with Gasteiger partial charge in [0.1, 0.15) is 5.82 Å². The highest BCUT2D eigenvalue weighted by Crippen LogP contribution is 2.23. The predicted octanol–water partition coefficient (Wildman–Crippen LogP) is 3.35. The molecular weight excluding hydrogens is 159 g/mol. The zero-order chi connectivity index (χ0) is 7.84. The SMILES string of the molecule is Cc1cc2ccsc2cc1F. The van der Waals surface area contributed by atoms with E-state index in [1.165, 1.54) is 0 Å². The number of fused-ring (bicyclic) bond motifs is 1. The molecule has 11 heavy (non-hydrogen) atoms. The van der Waals surface area contributed by atoms with E-state index in [0.717, 1.165) is 15.6 Å². The molecule has 0 saturated heterocycles. The van der Waals surface area contributed by atoms with Gasteiger partial charge in [0.15, 0.2) is 0 Å². The van der Waals surface area contributed by atoms with Crippen LogP contribution in [0.15, 0.2) is 23.6 Å². The molecule has 0 saturated carbocycles. The van der Waals surface area contributed by atoms with Crippen molar-refractivity contribution in [1.29, 1.82) is 0 Å². The Labute approximate surface area is 68.3 Å². The molecular formula is C9H7FS. The minimum absolute atomic E-state index is 0.111. The van der Waals surface area contributed by atoms with Crippen LogP contribution in [0.2, 0.25) is 0 Å². The van der Waals surface area contributed by atoms with Crippen LogP contribution < -0.4 is 0 Å². The maximum atomic E-state index is 12.9. The van der Waals surface area contributed by atoms with Gasteiger partial charge in [0, 0.05) is 4.70 Å². The van der Waals surface area contributed by atoms with Gasteiger partial charge < -0.3 is 0 Å². The lowest BCUT2D eigenvalue weighted by Crippen LogP contribution is -1.78. The van der Waals surface area contributed by atoms with Crippen molar-refractivity contribution in [3.63, 3.8) is 0 Å². The first kappa shape index (κ1) is 6.80. The van der Waals surface area contributed by atoms with Crippen LogP contribution in [0, 0.1) is 12.7 Å². The largest absolute Gasteiger partial charge is 0.207 e. The fraction of sp³-hybridized carbons (Fsp3) is 0.111. The molecule has 0 amide bonds. The number of rotatable bonds is 0.